The lowest BCUT2D eigenvalue weighted by molar-refractivity contribution is -0.217. The van der Waals surface area contributed by atoms with Crippen LogP contribution in [0, 0.1) is 0 Å². The molecule has 0 bridgehead atoms. The second-order valence-corrected chi connectivity index (χ2v) is 2.64. The van der Waals surface area contributed by atoms with E-state index in [9.17, 15) is 17.6 Å². The van der Waals surface area contributed by atoms with Gasteiger partial charge in [0.05, 0.1) is 11.3 Å². The molecule has 0 fully saturated rings. The molecule has 1 heterocycles. The molecule has 0 aliphatic carbocycles. The van der Waals surface area contributed by atoms with Gasteiger partial charge in [-0.15, -0.1) is 11.8 Å². The predicted molar refractivity (Wildman–Crippen MR) is 30.8 cm³/mol. The van der Waals surface area contributed by atoms with Crippen LogP contribution in [0.25, 0.3) is 0 Å². The molecule has 0 aromatic heterocycles. The maximum atomic E-state index is 12.5. The molecule has 0 radical (unpaired) electrons. The van der Waals surface area contributed by atoms with Crippen molar-refractivity contribution in [2.24, 2.45) is 4.99 Å². The zero-order valence-electron chi connectivity index (χ0n) is 4.65. The fraction of sp³-hybridized carbons (Fsp3) is 0.750. The second kappa shape index (κ2) is 2.11. The van der Waals surface area contributed by atoms with E-state index in [4.69, 9.17) is 0 Å². The molecule has 1 aliphatic rings. The van der Waals surface area contributed by atoms with Crippen molar-refractivity contribution in [3.63, 3.8) is 0 Å². The maximum absolute atomic E-state index is 12.5. The third-order valence-corrected chi connectivity index (χ3v) is 1.84. The Kier molecular flexibility index (Phi) is 1.66. The minimum Gasteiger partial charge on any atom is -0.238 e. The molecular weight excluding hydrogens is 170 g/mol. The van der Waals surface area contributed by atoms with Gasteiger partial charge < -0.3 is 0 Å². The first-order valence-electron chi connectivity index (χ1n) is 2.37. The molecule has 0 saturated heterocycles. The van der Waals surface area contributed by atoms with Crippen LogP contribution in [-0.4, -0.2) is 23.3 Å². The van der Waals surface area contributed by atoms with Crippen molar-refractivity contribution in [2.45, 2.75) is 12.0 Å². The van der Waals surface area contributed by atoms with E-state index in [-0.39, 0.29) is 0 Å². The summed E-state index contributed by atoms with van der Waals surface area (Å²) < 4.78 is 47.4. The maximum Gasteiger partial charge on any atom is 0.444 e. The normalized spacial score (nSPS) is 33.2. The number of alkyl halides is 4. The van der Waals surface area contributed by atoms with Gasteiger partial charge in [-0.2, -0.15) is 13.2 Å². The number of rotatable bonds is 0. The van der Waals surface area contributed by atoms with Gasteiger partial charge in [0.25, 0.3) is 0 Å². The van der Waals surface area contributed by atoms with E-state index < -0.39 is 17.7 Å². The quantitative estimate of drug-likeness (QED) is 0.403. The van der Waals surface area contributed by atoms with E-state index in [1.165, 1.54) is 0 Å². The molecule has 1 nitrogen and oxygen atoms in total. The predicted octanol–water partition coefficient (Wildman–Crippen LogP) is 1.99. The number of aliphatic imine (C=N–C) groups is 1. The Morgan fingerprint density at radius 3 is 2.30 bits per heavy atom. The van der Waals surface area contributed by atoms with E-state index in [0.29, 0.717) is 0 Å². The summed E-state index contributed by atoms with van der Waals surface area (Å²) in [5.41, 5.74) is 0.882. The van der Waals surface area contributed by atoms with Crippen molar-refractivity contribution >= 4 is 17.3 Å². The SMILES string of the molecule is FC(F)(F)C1(F)CSC=N1. The van der Waals surface area contributed by atoms with E-state index in [0.717, 1.165) is 17.3 Å². The Labute approximate surface area is 58.5 Å². The van der Waals surface area contributed by atoms with Crippen LogP contribution in [-0.2, 0) is 0 Å². The van der Waals surface area contributed by atoms with Gasteiger partial charge in [-0.05, 0) is 0 Å². The zero-order valence-corrected chi connectivity index (χ0v) is 5.47. The third kappa shape index (κ3) is 1.12. The van der Waals surface area contributed by atoms with Crippen LogP contribution in [0.3, 0.4) is 0 Å². The summed E-state index contributed by atoms with van der Waals surface area (Å²) in [5, 5.41) is 0. The topological polar surface area (TPSA) is 12.4 Å². The van der Waals surface area contributed by atoms with Gasteiger partial charge in [-0.25, -0.2) is 9.38 Å². The lowest BCUT2D eigenvalue weighted by atomic mass is 10.3. The molecule has 1 atom stereocenters. The van der Waals surface area contributed by atoms with Crippen LogP contribution in [0.2, 0.25) is 0 Å². The standard InChI is InChI=1S/C4H3F4NS/c5-3(4(6,7)8)1-10-2-9-3/h2H,1H2. The van der Waals surface area contributed by atoms with Gasteiger partial charge in [0.2, 0.25) is 0 Å². The Hall–Kier alpha value is -0.260. The number of hydrogen-bond acceptors (Lipinski definition) is 2. The summed E-state index contributed by atoms with van der Waals surface area (Å²) in [6, 6.07) is 0. The molecule has 0 amide bonds. The van der Waals surface area contributed by atoms with Crippen molar-refractivity contribution in [2.75, 3.05) is 5.75 Å². The number of hydrogen-bond donors (Lipinski definition) is 0. The van der Waals surface area contributed by atoms with Crippen molar-refractivity contribution in [1.82, 2.24) is 0 Å². The summed E-state index contributed by atoms with van der Waals surface area (Å²) in [5.74, 6) is -3.99. The van der Waals surface area contributed by atoms with Crippen molar-refractivity contribution in [3.8, 4) is 0 Å². The first kappa shape index (κ1) is 7.84. The Balaban J connectivity index is 2.78. The molecule has 0 N–H and O–H groups in total. The summed E-state index contributed by atoms with van der Waals surface area (Å²) >= 11 is 0.721. The molecule has 1 rings (SSSR count). The molecule has 0 saturated carbocycles. The lowest BCUT2D eigenvalue weighted by Crippen LogP contribution is -2.39. The van der Waals surface area contributed by atoms with E-state index >= 15 is 0 Å². The number of thioether (sulfide) groups is 1. The van der Waals surface area contributed by atoms with Crippen LogP contribution in [0.5, 0.6) is 0 Å². The Morgan fingerprint density at radius 1 is 1.50 bits per heavy atom. The molecule has 1 unspecified atom stereocenters. The van der Waals surface area contributed by atoms with Crippen LogP contribution in [0.4, 0.5) is 17.6 Å². The highest BCUT2D eigenvalue weighted by molar-refractivity contribution is 8.12. The molecular formula is C4H3F4NS. The Morgan fingerprint density at radius 2 is 2.10 bits per heavy atom. The molecule has 6 heteroatoms. The van der Waals surface area contributed by atoms with Gasteiger partial charge in [-0.1, -0.05) is 0 Å². The average molecular weight is 173 g/mol. The fourth-order valence-electron chi connectivity index (χ4n) is 0.461. The summed E-state index contributed by atoms with van der Waals surface area (Å²) in [6.07, 6.45) is -4.87. The average Bonchev–Trinajstić information content (AvgIpc) is 2.13. The molecule has 58 valence electrons. The first-order valence-corrected chi connectivity index (χ1v) is 3.41. The highest BCUT2D eigenvalue weighted by Gasteiger charge is 2.57. The van der Waals surface area contributed by atoms with Crippen molar-refractivity contribution < 1.29 is 17.6 Å². The third-order valence-electron chi connectivity index (χ3n) is 1.04. The largest absolute Gasteiger partial charge is 0.444 e. The molecule has 0 aromatic carbocycles. The minimum atomic E-state index is -4.87. The molecule has 0 spiro atoms. The van der Waals surface area contributed by atoms with Gasteiger partial charge >= 0.3 is 12.0 Å². The smallest absolute Gasteiger partial charge is 0.238 e. The Bertz CT molecular complexity index is 165. The zero-order chi connectivity index (χ0) is 7.83. The van der Waals surface area contributed by atoms with Crippen LogP contribution in [0.15, 0.2) is 4.99 Å². The van der Waals surface area contributed by atoms with Crippen LogP contribution >= 0.6 is 11.8 Å². The van der Waals surface area contributed by atoms with Gasteiger partial charge in [0.15, 0.2) is 0 Å². The summed E-state index contributed by atoms with van der Waals surface area (Å²) in [6.45, 7) is 0. The fourth-order valence-corrected chi connectivity index (χ4v) is 1.24. The highest BCUT2D eigenvalue weighted by Crippen LogP contribution is 2.40. The van der Waals surface area contributed by atoms with Crippen LogP contribution < -0.4 is 0 Å². The number of nitrogens with zero attached hydrogens (tertiary/aromatic N) is 1. The number of halogens is 4. The highest BCUT2D eigenvalue weighted by atomic mass is 32.2. The van der Waals surface area contributed by atoms with Gasteiger partial charge in [0.1, 0.15) is 0 Å². The molecule has 0 aromatic rings. The van der Waals surface area contributed by atoms with Crippen molar-refractivity contribution in [1.29, 1.82) is 0 Å². The summed E-state index contributed by atoms with van der Waals surface area (Å²) in [7, 11) is 0. The second-order valence-electron chi connectivity index (χ2n) is 1.80. The van der Waals surface area contributed by atoms with Gasteiger partial charge in [0, 0.05) is 0 Å². The van der Waals surface area contributed by atoms with E-state index in [1.807, 2.05) is 0 Å². The summed E-state index contributed by atoms with van der Waals surface area (Å²) in [4.78, 5) is 2.69. The van der Waals surface area contributed by atoms with Gasteiger partial charge in [-0.3, -0.25) is 0 Å². The molecule has 10 heavy (non-hydrogen) atoms. The molecule has 1 aliphatic heterocycles. The first-order chi connectivity index (χ1) is 4.46. The van der Waals surface area contributed by atoms with Crippen molar-refractivity contribution in [3.05, 3.63) is 0 Å². The van der Waals surface area contributed by atoms with E-state index in [2.05, 4.69) is 4.99 Å². The van der Waals surface area contributed by atoms with Crippen LogP contribution in [0.1, 0.15) is 0 Å². The minimum absolute atomic E-state index is 0.656. The van der Waals surface area contributed by atoms with E-state index in [1.54, 1.807) is 0 Å². The lowest BCUT2D eigenvalue weighted by Gasteiger charge is -2.18. The monoisotopic (exact) mass is 173 g/mol.